The summed E-state index contributed by atoms with van der Waals surface area (Å²) < 4.78 is 0.604. The molecule has 1 aromatic carbocycles. The maximum absolute atomic E-state index is 11.0. The van der Waals surface area contributed by atoms with Crippen LogP contribution in [-0.4, -0.2) is 10.2 Å². The molecule has 0 saturated heterocycles. The molecule has 0 saturated carbocycles. The summed E-state index contributed by atoms with van der Waals surface area (Å²) in [4.78, 5) is 11.0. The van der Waals surface area contributed by atoms with Crippen LogP contribution in [-0.2, 0) is 11.2 Å². The van der Waals surface area contributed by atoms with Gasteiger partial charge in [0.25, 0.3) is 0 Å². The quantitative estimate of drug-likeness (QED) is 0.601. The Hall–Kier alpha value is -0.380. The van der Waals surface area contributed by atoms with E-state index < -0.39 is 0 Å². The van der Waals surface area contributed by atoms with Crippen molar-refractivity contribution in [2.24, 2.45) is 0 Å². The van der Waals surface area contributed by atoms with Gasteiger partial charge in [-0.05, 0) is 5.56 Å². The number of carbonyl (C=O) groups excluding carboxylic acids is 1. The van der Waals surface area contributed by atoms with Crippen LogP contribution < -0.4 is 0 Å². The number of hydrogen-bond donors (Lipinski definition) is 0. The van der Waals surface area contributed by atoms with E-state index in [1.54, 1.807) is 0 Å². The normalized spacial score (nSPS) is 9.55. The molecule has 0 fully saturated rings. The lowest BCUT2D eigenvalue weighted by Gasteiger charge is -1.95. The van der Waals surface area contributed by atoms with E-state index in [0.29, 0.717) is 10.8 Å². The molecule has 1 aromatic rings. The Morgan fingerprint density at radius 1 is 1.27 bits per heavy atom. The van der Waals surface area contributed by atoms with Gasteiger partial charge in [0, 0.05) is 6.42 Å². The number of rotatable bonds is 3. The number of hydrogen-bond acceptors (Lipinski definition) is 1. The number of halogens is 1. The highest BCUT2D eigenvalue weighted by molar-refractivity contribution is 14.1. The lowest BCUT2D eigenvalue weighted by molar-refractivity contribution is -0.115. The van der Waals surface area contributed by atoms with Crippen molar-refractivity contribution in [3.05, 3.63) is 35.9 Å². The molecule has 58 valence electrons. The zero-order chi connectivity index (χ0) is 8.10. The Morgan fingerprint density at radius 3 is 2.45 bits per heavy atom. The van der Waals surface area contributed by atoms with Gasteiger partial charge in [-0.3, -0.25) is 4.79 Å². The van der Waals surface area contributed by atoms with Gasteiger partial charge in [-0.25, -0.2) is 0 Å². The molecule has 0 aliphatic rings. The van der Waals surface area contributed by atoms with Gasteiger partial charge in [0.1, 0.15) is 5.78 Å². The second kappa shape index (κ2) is 4.49. The first-order valence-corrected chi connectivity index (χ1v) is 4.97. The summed E-state index contributed by atoms with van der Waals surface area (Å²) in [6.07, 6.45) is 0.573. The number of Topliss-reactive ketones (excluding diaryl/α,β-unsaturated/α-hetero) is 1. The molecule has 0 aliphatic heterocycles. The van der Waals surface area contributed by atoms with Crippen LogP contribution >= 0.6 is 22.6 Å². The van der Waals surface area contributed by atoms with Crippen LogP contribution in [0.4, 0.5) is 0 Å². The summed E-state index contributed by atoms with van der Waals surface area (Å²) in [5, 5.41) is 0. The van der Waals surface area contributed by atoms with Crippen LogP contribution in [0.1, 0.15) is 5.56 Å². The van der Waals surface area contributed by atoms with Crippen LogP contribution in [0.15, 0.2) is 30.3 Å². The average molecular weight is 260 g/mol. The van der Waals surface area contributed by atoms with Crippen molar-refractivity contribution >= 4 is 28.4 Å². The summed E-state index contributed by atoms with van der Waals surface area (Å²) in [5.74, 6) is 0.289. The number of benzene rings is 1. The Balaban J connectivity index is 2.58. The molecule has 2 heteroatoms. The monoisotopic (exact) mass is 260 g/mol. The van der Waals surface area contributed by atoms with Crippen molar-refractivity contribution in [2.45, 2.75) is 6.42 Å². The number of carbonyl (C=O) groups is 1. The smallest absolute Gasteiger partial charge is 0.146 e. The minimum atomic E-state index is 0.289. The van der Waals surface area contributed by atoms with E-state index in [4.69, 9.17) is 0 Å². The van der Waals surface area contributed by atoms with E-state index in [0.717, 1.165) is 5.56 Å². The lowest BCUT2D eigenvalue weighted by atomic mass is 10.1. The molecular weight excluding hydrogens is 251 g/mol. The van der Waals surface area contributed by atoms with Crippen molar-refractivity contribution in [3.8, 4) is 0 Å². The van der Waals surface area contributed by atoms with Crippen molar-refractivity contribution in [1.29, 1.82) is 0 Å². The molecule has 1 nitrogen and oxygen atoms in total. The van der Waals surface area contributed by atoms with Gasteiger partial charge in [-0.15, -0.1) is 0 Å². The minimum absolute atomic E-state index is 0.289. The highest BCUT2D eigenvalue weighted by Crippen LogP contribution is 2.00. The molecule has 0 radical (unpaired) electrons. The fourth-order valence-electron chi connectivity index (χ4n) is 0.871. The fourth-order valence-corrected chi connectivity index (χ4v) is 1.14. The Labute approximate surface area is 79.9 Å². The van der Waals surface area contributed by atoms with E-state index in [9.17, 15) is 4.79 Å². The summed E-state index contributed by atoms with van der Waals surface area (Å²) in [7, 11) is 0. The highest BCUT2D eigenvalue weighted by atomic mass is 127. The molecule has 0 bridgehead atoms. The van der Waals surface area contributed by atoms with Gasteiger partial charge in [0.15, 0.2) is 0 Å². The predicted octanol–water partition coefficient (Wildman–Crippen LogP) is 2.23. The van der Waals surface area contributed by atoms with Crippen LogP contribution in [0, 0.1) is 0 Å². The van der Waals surface area contributed by atoms with E-state index in [2.05, 4.69) is 22.6 Å². The second-order valence-corrected chi connectivity index (χ2v) is 3.10. The van der Waals surface area contributed by atoms with Crippen molar-refractivity contribution < 1.29 is 4.79 Å². The van der Waals surface area contributed by atoms with Gasteiger partial charge in [-0.1, -0.05) is 52.9 Å². The second-order valence-electron chi connectivity index (χ2n) is 2.33. The largest absolute Gasteiger partial charge is 0.298 e. The van der Waals surface area contributed by atoms with Crippen LogP contribution in [0.25, 0.3) is 0 Å². The summed E-state index contributed by atoms with van der Waals surface area (Å²) in [6.45, 7) is 0. The summed E-state index contributed by atoms with van der Waals surface area (Å²) in [5.41, 5.74) is 1.11. The van der Waals surface area contributed by atoms with Crippen molar-refractivity contribution in [1.82, 2.24) is 0 Å². The molecule has 0 spiro atoms. The zero-order valence-electron chi connectivity index (χ0n) is 6.09. The minimum Gasteiger partial charge on any atom is -0.298 e. The van der Waals surface area contributed by atoms with Crippen molar-refractivity contribution in [3.63, 3.8) is 0 Å². The zero-order valence-corrected chi connectivity index (χ0v) is 8.24. The van der Waals surface area contributed by atoms with E-state index in [1.165, 1.54) is 0 Å². The third-order valence-corrected chi connectivity index (χ3v) is 2.24. The molecule has 0 amide bonds. The molecule has 0 unspecified atom stereocenters. The molecule has 0 N–H and O–H groups in total. The molecule has 0 aromatic heterocycles. The summed E-state index contributed by atoms with van der Waals surface area (Å²) in [6, 6.07) is 9.82. The molecule has 0 atom stereocenters. The third-order valence-electron chi connectivity index (χ3n) is 1.39. The van der Waals surface area contributed by atoms with Crippen LogP contribution in [0.3, 0.4) is 0 Å². The third kappa shape index (κ3) is 3.01. The van der Waals surface area contributed by atoms with Crippen molar-refractivity contribution in [2.75, 3.05) is 4.43 Å². The predicted molar refractivity (Wildman–Crippen MR) is 54.0 cm³/mol. The van der Waals surface area contributed by atoms with Gasteiger partial charge in [0.05, 0.1) is 4.43 Å². The standard InChI is InChI=1S/C9H9IO/c10-7-9(11)6-8-4-2-1-3-5-8/h1-5H,6-7H2. The fraction of sp³-hybridized carbons (Fsp3) is 0.222. The van der Waals surface area contributed by atoms with E-state index >= 15 is 0 Å². The van der Waals surface area contributed by atoms with Gasteiger partial charge < -0.3 is 0 Å². The van der Waals surface area contributed by atoms with E-state index in [-0.39, 0.29) is 5.78 Å². The molecular formula is C9H9IO. The maximum Gasteiger partial charge on any atom is 0.146 e. The number of ketones is 1. The van der Waals surface area contributed by atoms with Gasteiger partial charge in [0.2, 0.25) is 0 Å². The van der Waals surface area contributed by atoms with Crippen LogP contribution in [0.2, 0.25) is 0 Å². The molecule has 0 aliphatic carbocycles. The summed E-state index contributed by atoms with van der Waals surface area (Å²) >= 11 is 2.09. The maximum atomic E-state index is 11.0. The molecule has 1 rings (SSSR count). The topological polar surface area (TPSA) is 17.1 Å². The lowest BCUT2D eigenvalue weighted by Crippen LogP contribution is -2.02. The number of alkyl halides is 1. The average Bonchev–Trinajstić information content (AvgIpc) is 2.06. The first kappa shape index (κ1) is 8.71. The Morgan fingerprint density at radius 2 is 1.91 bits per heavy atom. The molecule has 11 heavy (non-hydrogen) atoms. The Kier molecular flexibility index (Phi) is 3.56. The van der Waals surface area contributed by atoms with Crippen LogP contribution in [0.5, 0.6) is 0 Å². The van der Waals surface area contributed by atoms with Gasteiger partial charge >= 0.3 is 0 Å². The first-order valence-electron chi connectivity index (χ1n) is 3.44. The van der Waals surface area contributed by atoms with Gasteiger partial charge in [-0.2, -0.15) is 0 Å². The van der Waals surface area contributed by atoms with E-state index in [1.807, 2.05) is 30.3 Å². The SMILES string of the molecule is O=C(CI)Cc1ccccc1. The highest BCUT2D eigenvalue weighted by Gasteiger charge is 1.99. The first-order chi connectivity index (χ1) is 5.33. The Bertz CT molecular complexity index is 231. The molecule has 0 heterocycles.